The van der Waals surface area contributed by atoms with E-state index >= 15 is 0 Å². The third-order valence-electron chi connectivity index (χ3n) is 6.09. The van der Waals surface area contributed by atoms with E-state index < -0.39 is 17.7 Å². The van der Waals surface area contributed by atoms with Crippen LogP contribution in [-0.2, 0) is 16.0 Å². The van der Waals surface area contributed by atoms with Gasteiger partial charge in [0.15, 0.2) is 11.5 Å². The number of aliphatic hydroxyl groups is 1. The fourth-order valence-corrected chi connectivity index (χ4v) is 4.30. The molecular formula is C28H27NO6. The number of Topliss-reactive ketones (excluding diaryl/α,β-unsaturated/α-hetero) is 1. The Hall–Kier alpha value is -4.26. The number of carbonyl (C=O) groups is 2. The van der Waals surface area contributed by atoms with Gasteiger partial charge < -0.3 is 24.2 Å². The second kappa shape index (κ2) is 10.3. The van der Waals surface area contributed by atoms with Crippen molar-refractivity contribution in [3.05, 3.63) is 95.1 Å². The van der Waals surface area contributed by atoms with Gasteiger partial charge in [-0.25, -0.2) is 0 Å². The Labute approximate surface area is 204 Å². The van der Waals surface area contributed by atoms with Crippen molar-refractivity contribution in [3.8, 4) is 17.2 Å². The van der Waals surface area contributed by atoms with Crippen molar-refractivity contribution in [2.45, 2.75) is 12.5 Å². The highest BCUT2D eigenvalue weighted by molar-refractivity contribution is 6.46. The Morgan fingerprint density at radius 1 is 0.857 bits per heavy atom. The van der Waals surface area contributed by atoms with E-state index in [4.69, 9.17) is 14.2 Å². The Morgan fingerprint density at radius 2 is 1.60 bits per heavy atom. The number of amides is 1. The number of rotatable bonds is 8. The SMILES string of the molecule is COc1cccc(C(O)=C2C(=O)C(=O)N(CCc3ccccc3)C2c2ccc(OC)c(OC)c2)c1. The summed E-state index contributed by atoms with van der Waals surface area (Å²) in [5.74, 6) is -0.159. The van der Waals surface area contributed by atoms with Crippen molar-refractivity contribution < 1.29 is 28.9 Å². The molecule has 1 amide bonds. The number of nitrogens with zero attached hydrogens (tertiary/aromatic N) is 1. The first kappa shape index (κ1) is 23.9. The first-order valence-corrected chi connectivity index (χ1v) is 11.2. The molecule has 0 radical (unpaired) electrons. The van der Waals surface area contributed by atoms with Crippen LogP contribution in [0.4, 0.5) is 0 Å². The van der Waals surface area contributed by atoms with E-state index in [0.29, 0.717) is 41.3 Å². The summed E-state index contributed by atoms with van der Waals surface area (Å²) < 4.78 is 16.1. The number of ketones is 1. The molecule has 1 heterocycles. The molecule has 0 aliphatic carbocycles. The van der Waals surface area contributed by atoms with Crippen molar-refractivity contribution in [3.63, 3.8) is 0 Å². The lowest BCUT2D eigenvalue weighted by atomic mass is 9.94. The number of hydrogen-bond acceptors (Lipinski definition) is 6. The van der Waals surface area contributed by atoms with Gasteiger partial charge in [-0.1, -0.05) is 48.5 Å². The molecule has 7 nitrogen and oxygen atoms in total. The summed E-state index contributed by atoms with van der Waals surface area (Å²) in [6.45, 7) is 0.294. The van der Waals surface area contributed by atoms with Gasteiger partial charge in [0.1, 0.15) is 11.5 Å². The van der Waals surface area contributed by atoms with Crippen LogP contribution in [0.1, 0.15) is 22.7 Å². The monoisotopic (exact) mass is 473 g/mol. The summed E-state index contributed by atoms with van der Waals surface area (Å²) in [5, 5.41) is 11.3. The van der Waals surface area contributed by atoms with E-state index in [1.165, 1.54) is 26.2 Å². The predicted molar refractivity (Wildman–Crippen MR) is 132 cm³/mol. The molecule has 1 saturated heterocycles. The van der Waals surface area contributed by atoms with Gasteiger partial charge in [0.05, 0.1) is 32.9 Å². The van der Waals surface area contributed by atoms with Crippen molar-refractivity contribution in [1.82, 2.24) is 4.90 Å². The number of benzene rings is 3. The molecule has 1 atom stereocenters. The lowest BCUT2D eigenvalue weighted by Gasteiger charge is -2.26. The summed E-state index contributed by atoms with van der Waals surface area (Å²) in [7, 11) is 4.57. The molecule has 35 heavy (non-hydrogen) atoms. The zero-order chi connectivity index (χ0) is 24.9. The first-order chi connectivity index (χ1) is 17.0. The molecule has 0 saturated carbocycles. The lowest BCUT2D eigenvalue weighted by Crippen LogP contribution is -2.31. The quantitative estimate of drug-likeness (QED) is 0.297. The topological polar surface area (TPSA) is 85.3 Å². The van der Waals surface area contributed by atoms with Crippen molar-refractivity contribution >= 4 is 17.4 Å². The zero-order valence-electron chi connectivity index (χ0n) is 19.9. The standard InChI is InChI=1S/C28H27NO6/c1-33-21-11-7-10-20(16-21)26(30)24-25(19-12-13-22(34-2)23(17-19)35-3)29(28(32)27(24)31)15-14-18-8-5-4-6-9-18/h4-13,16-17,25,30H,14-15H2,1-3H3. The van der Waals surface area contributed by atoms with Crippen LogP contribution in [0.5, 0.6) is 17.2 Å². The van der Waals surface area contributed by atoms with Gasteiger partial charge in [-0.2, -0.15) is 0 Å². The number of carbonyl (C=O) groups excluding carboxylic acids is 2. The fourth-order valence-electron chi connectivity index (χ4n) is 4.30. The summed E-state index contributed by atoms with van der Waals surface area (Å²) in [6, 6.07) is 20.9. The summed E-state index contributed by atoms with van der Waals surface area (Å²) in [4.78, 5) is 28.0. The molecule has 0 spiro atoms. The molecular weight excluding hydrogens is 446 g/mol. The van der Waals surface area contributed by atoms with E-state index in [9.17, 15) is 14.7 Å². The fraction of sp³-hybridized carbons (Fsp3) is 0.214. The average molecular weight is 474 g/mol. The van der Waals surface area contributed by atoms with E-state index in [0.717, 1.165) is 5.56 Å². The van der Waals surface area contributed by atoms with Crippen molar-refractivity contribution in [1.29, 1.82) is 0 Å². The molecule has 0 bridgehead atoms. The predicted octanol–water partition coefficient (Wildman–Crippen LogP) is 4.38. The molecule has 1 aliphatic rings. The maximum Gasteiger partial charge on any atom is 0.295 e. The smallest absolute Gasteiger partial charge is 0.295 e. The van der Waals surface area contributed by atoms with Crippen molar-refractivity contribution in [2.75, 3.05) is 27.9 Å². The van der Waals surface area contributed by atoms with Crippen LogP contribution < -0.4 is 14.2 Å². The first-order valence-electron chi connectivity index (χ1n) is 11.2. The Kier molecular flexibility index (Phi) is 7.06. The van der Waals surface area contributed by atoms with Crippen molar-refractivity contribution in [2.24, 2.45) is 0 Å². The van der Waals surface area contributed by atoms with Crippen LogP contribution in [0, 0.1) is 0 Å². The summed E-state index contributed by atoms with van der Waals surface area (Å²) >= 11 is 0. The minimum atomic E-state index is -0.801. The highest BCUT2D eigenvalue weighted by Gasteiger charge is 2.46. The van der Waals surface area contributed by atoms with Crippen LogP contribution in [0.3, 0.4) is 0 Å². The van der Waals surface area contributed by atoms with Gasteiger partial charge >= 0.3 is 0 Å². The minimum Gasteiger partial charge on any atom is -0.507 e. The number of methoxy groups -OCH3 is 3. The van der Waals surface area contributed by atoms with Crippen LogP contribution >= 0.6 is 0 Å². The van der Waals surface area contributed by atoms with Gasteiger partial charge in [0.25, 0.3) is 11.7 Å². The molecule has 1 aliphatic heterocycles. The van der Waals surface area contributed by atoms with Crippen LogP contribution in [0.2, 0.25) is 0 Å². The van der Waals surface area contributed by atoms with Gasteiger partial charge in [-0.05, 0) is 41.8 Å². The highest BCUT2D eigenvalue weighted by Crippen LogP contribution is 2.42. The Morgan fingerprint density at radius 3 is 2.29 bits per heavy atom. The largest absolute Gasteiger partial charge is 0.507 e. The molecule has 1 fully saturated rings. The number of hydrogen-bond donors (Lipinski definition) is 1. The van der Waals surface area contributed by atoms with Gasteiger partial charge in [-0.3, -0.25) is 9.59 Å². The maximum atomic E-state index is 13.3. The van der Waals surface area contributed by atoms with Gasteiger partial charge in [0.2, 0.25) is 0 Å². The summed E-state index contributed by atoms with van der Waals surface area (Å²) in [5.41, 5.74) is 2.06. The molecule has 1 N–H and O–H groups in total. The number of aliphatic hydroxyl groups excluding tert-OH is 1. The highest BCUT2D eigenvalue weighted by atomic mass is 16.5. The Balaban J connectivity index is 1.83. The third-order valence-corrected chi connectivity index (χ3v) is 6.09. The van der Waals surface area contributed by atoms with Crippen LogP contribution in [-0.4, -0.2) is 49.6 Å². The minimum absolute atomic E-state index is 0.0172. The molecule has 3 aromatic carbocycles. The molecule has 1 unspecified atom stereocenters. The van der Waals surface area contributed by atoms with Gasteiger partial charge in [-0.15, -0.1) is 0 Å². The maximum absolute atomic E-state index is 13.3. The van der Waals surface area contributed by atoms with Crippen LogP contribution in [0.15, 0.2) is 78.4 Å². The second-order valence-corrected chi connectivity index (χ2v) is 8.07. The lowest BCUT2D eigenvalue weighted by molar-refractivity contribution is -0.139. The average Bonchev–Trinajstić information content (AvgIpc) is 3.16. The molecule has 4 rings (SSSR count). The van der Waals surface area contributed by atoms with E-state index in [1.807, 2.05) is 30.3 Å². The third kappa shape index (κ3) is 4.71. The molecule has 7 heteroatoms. The molecule has 180 valence electrons. The van der Waals surface area contributed by atoms with E-state index in [1.54, 1.807) is 42.5 Å². The number of likely N-dealkylation sites (tertiary alicyclic amines) is 1. The summed E-state index contributed by atoms with van der Waals surface area (Å²) in [6.07, 6.45) is 0.552. The molecule has 0 aromatic heterocycles. The molecule has 3 aromatic rings. The van der Waals surface area contributed by atoms with Crippen LogP contribution in [0.25, 0.3) is 5.76 Å². The second-order valence-electron chi connectivity index (χ2n) is 8.07. The van der Waals surface area contributed by atoms with E-state index in [-0.39, 0.29) is 11.3 Å². The zero-order valence-corrected chi connectivity index (χ0v) is 19.9. The number of ether oxygens (including phenoxy) is 3. The Bertz CT molecular complexity index is 1270. The normalized spacial score (nSPS) is 16.9. The van der Waals surface area contributed by atoms with Gasteiger partial charge in [0, 0.05) is 12.1 Å². The van der Waals surface area contributed by atoms with E-state index in [2.05, 4.69) is 0 Å².